The predicted octanol–water partition coefficient (Wildman–Crippen LogP) is 6.07. The van der Waals surface area contributed by atoms with E-state index in [1.54, 1.807) is 26.8 Å². The lowest BCUT2D eigenvalue weighted by atomic mass is 9.78. The van der Waals surface area contributed by atoms with Gasteiger partial charge in [0.05, 0.1) is 42.1 Å². The van der Waals surface area contributed by atoms with Crippen molar-refractivity contribution in [2.75, 3.05) is 13.7 Å². The number of phenolic OH excluding ortho intramolecular Hbond substituents is 3. The van der Waals surface area contributed by atoms with Gasteiger partial charge in [-0.15, -0.1) is 0 Å². The first-order valence-corrected chi connectivity index (χ1v) is 18.5. The number of hydrogen-bond donors (Lipinski definition) is 5. The van der Waals surface area contributed by atoms with Crippen LogP contribution in [0.15, 0.2) is 41.1 Å². The minimum absolute atomic E-state index is 0.00280. The lowest BCUT2D eigenvalue weighted by Crippen LogP contribution is -2.46. The van der Waals surface area contributed by atoms with Gasteiger partial charge in [0.2, 0.25) is 0 Å². The fourth-order valence-corrected chi connectivity index (χ4v) is 7.93. The van der Waals surface area contributed by atoms with E-state index in [1.807, 2.05) is 37.8 Å². The molecule has 294 valence electrons. The van der Waals surface area contributed by atoms with Crippen molar-refractivity contribution in [2.24, 2.45) is 28.7 Å². The monoisotopic (exact) mass is 750 g/mol. The zero-order valence-corrected chi connectivity index (χ0v) is 32.7. The smallest absolute Gasteiger partial charge is 0.312 e. The van der Waals surface area contributed by atoms with E-state index < -0.39 is 65.5 Å². The molecule has 5 N–H and O–H groups in total. The van der Waals surface area contributed by atoms with Crippen molar-refractivity contribution < 1.29 is 54.1 Å². The number of fused-ring (bicyclic) bond motifs is 1. The summed E-state index contributed by atoms with van der Waals surface area (Å²) in [7, 11) is 1.46. The standard InChI is InChI=1S/C41H54N2O11/c1-11-16-43-18-26-31-36(49)29-28(35(26)48)30-38(24(7)34(29)47)54-41(9,39(30)50)52-17-15-27(51-10)21(4)37(53-25(8)44)23(6)33(46)22(5)32(45)19(2)13-12-14-20(3)40(43)42-31/h12-15,17,19,21-23,27,32-33,37,45-49H,11,16,18H2,1-10H3. The van der Waals surface area contributed by atoms with E-state index in [0.29, 0.717) is 12.4 Å². The molecule has 13 nitrogen and oxygen atoms in total. The second-order valence-corrected chi connectivity index (χ2v) is 15.1. The maximum Gasteiger partial charge on any atom is 0.312 e. The summed E-state index contributed by atoms with van der Waals surface area (Å²) in [4.78, 5) is 33.4. The van der Waals surface area contributed by atoms with Gasteiger partial charge in [0.1, 0.15) is 34.9 Å². The molecule has 0 saturated carbocycles. The largest absolute Gasteiger partial charge is 0.507 e. The molecule has 0 fully saturated rings. The topological polar surface area (TPSA) is 188 Å². The molecule has 0 aromatic heterocycles. The van der Waals surface area contributed by atoms with Gasteiger partial charge in [-0.2, -0.15) is 0 Å². The predicted molar refractivity (Wildman–Crippen MR) is 203 cm³/mol. The van der Waals surface area contributed by atoms with E-state index in [4.69, 9.17) is 23.9 Å². The van der Waals surface area contributed by atoms with E-state index in [2.05, 4.69) is 0 Å². The van der Waals surface area contributed by atoms with Gasteiger partial charge < -0.3 is 49.4 Å². The number of phenols is 3. The second kappa shape index (κ2) is 15.6. The normalized spacial score (nSPS) is 30.4. The highest BCUT2D eigenvalue weighted by molar-refractivity contribution is 6.21. The van der Waals surface area contributed by atoms with Gasteiger partial charge in [-0.3, -0.25) is 9.59 Å². The summed E-state index contributed by atoms with van der Waals surface area (Å²) in [5.74, 6) is -5.93. The van der Waals surface area contributed by atoms with Crippen molar-refractivity contribution in [1.82, 2.24) is 4.90 Å². The van der Waals surface area contributed by atoms with Gasteiger partial charge in [-0.25, -0.2) is 4.99 Å². The first kappa shape index (κ1) is 40.6. The Kier molecular flexibility index (Phi) is 11.8. The molecule has 0 amide bonds. The number of methoxy groups -OCH3 is 1. The molecule has 0 spiro atoms. The summed E-state index contributed by atoms with van der Waals surface area (Å²) < 4.78 is 23.6. The van der Waals surface area contributed by atoms with Crippen molar-refractivity contribution in [1.29, 1.82) is 0 Å². The van der Waals surface area contributed by atoms with Crippen LogP contribution in [-0.2, 0) is 25.5 Å². The number of nitrogens with zero attached hydrogens (tertiary/aromatic N) is 2. The van der Waals surface area contributed by atoms with Crippen molar-refractivity contribution >= 4 is 34.0 Å². The summed E-state index contributed by atoms with van der Waals surface area (Å²) in [6.45, 7) is 15.9. The van der Waals surface area contributed by atoms with Gasteiger partial charge in [0.15, 0.2) is 5.75 Å². The SMILES string of the molecule is CCCN1Cc2c3c(O)c4c(O)c(C)c5c(c4c2O)C(=O)C(C)(OC=CC(OC)C(C)C(OC(C)=O)C(C)C(O)C(C)C(O)C(C)C=CC=C(C)C1=N3)O5. The highest BCUT2D eigenvalue weighted by Gasteiger charge is 2.50. The van der Waals surface area contributed by atoms with Gasteiger partial charge in [0.25, 0.3) is 5.78 Å². The molecule has 2 aromatic carbocycles. The Labute approximate surface area is 316 Å². The average molecular weight is 751 g/mol. The van der Waals surface area contributed by atoms with E-state index in [9.17, 15) is 35.1 Å². The number of Topliss-reactive ketones (excluding diaryl/α,β-unsaturated/α-hetero) is 1. The van der Waals surface area contributed by atoms with Crippen LogP contribution in [0.2, 0.25) is 0 Å². The quantitative estimate of drug-likeness (QED) is 0.180. The van der Waals surface area contributed by atoms with Gasteiger partial charge in [0, 0.05) is 67.7 Å². The number of ether oxygens (including phenoxy) is 4. The number of hydrogen-bond acceptors (Lipinski definition) is 13. The van der Waals surface area contributed by atoms with Crippen LogP contribution in [0.25, 0.3) is 10.8 Å². The summed E-state index contributed by atoms with van der Waals surface area (Å²) >= 11 is 0. The molecule has 5 aliphatic heterocycles. The van der Waals surface area contributed by atoms with Crippen molar-refractivity contribution in [3.63, 3.8) is 0 Å². The fourth-order valence-electron chi connectivity index (χ4n) is 7.93. The summed E-state index contributed by atoms with van der Waals surface area (Å²) in [5.41, 5.74) is 1.18. The summed E-state index contributed by atoms with van der Waals surface area (Å²) in [6.07, 6.45) is 5.33. The van der Waals surface area contributed by atoms with Crippen LogP contribution in [0.1, 0.15) is 83.3 Å². The molecule has 9 atom stereocenters. The molecule has 0 radical (unpaired) electrons. The van der Waals surface area contributed by atoms with Crippen molar-refractivity contribution in [2.45, 2.75) is 105 Å². The molecule has 5 heterocycles. The third-order valence-electron chi connectivity index (χ3n) is 11.2. The zero-order valence-electron chi connectivity index (χ0n) is 32.7. The zero-order chi connectivity index (χ0) is 40.0. The number of carbonyl (C=O) groups is 2. The molecule has 54 heavy (non-hydrogen) atoms. The van der Waals surface area contributed by atoms with Crippen LogP contribution in [-0.4, -0.2) is 91.9 Å². The lowest BCUT2D eigenvalue weighted by Gasteiger charge is -2.38. The molecule has 0 saturated heterocycles. The molecular weight excluding hydrogens is 696 g/mol. The number of ketones is 1. The Bertz CT molecular complexity index is 1930. The highest BCUT2D eigenvalue weighted by atomic mass is 16.7. The number of aliphatic hydroxyl groups excluding tert-OH is 2. The molecule has 7 bridgehead atoms. The van der Waals surface area contributed by atoms with E-state index in [0.717, 1.165) is 12.0 Å². The number of carbonyl (C=O) groups excluding carboxylic acids is 2. The average Bonchev–Trinajstić information content (AvgIpc) is 3.40. The number of amidine groups is 1. The third-order valence-corrected chi connectivity index (χ3v) is 11.2. The first-order chi connectivity index (χ1) is 25.4. The Morgan fingerprint density at radius 3 is 2.31 bits per heavy atom. The first-order valence-electron chi connectivity index (χ1n) is 18.5. The van der Waals surface area contributed by atoms with E-state index in [-0.39, 0.29) is 62.9 Å². The van der Waals surface area contributed by atoms with E-state index in [1.165, 1.54) is 40.2 Å². The second-order valence-electron chi connectivity index (χ2n) is 15.1. The minimum atomic E-state index is -1.95. The Hall–Kier alpha value is -4.59. The minimum Gasteiger partial charge on any atom is -0.507 e. The van der Waals surface area contributed by atoms with Gasteiger partial charge >= 0.3 is 11.8 Å². The van der Waals surface area contributed by atoms with Crippen LogP contribution in [0.5, 0.6) is 23.0 Å². The van der Waals surface area contributed by atoms with Crippen LogP contribution < -0.4 is 4.74 Å². The van der Waals surface area contributed by atoms with Crippen LogP contribution in [0.3, 0.4) is 0 Å². The molecular formula is C41H54N2O11. The lowest BCUT2D eigenvalue weighted by molar-refractivity contribution is -0.160. The maximum atomic E-state index is 14.3. The molecule has 0 aliphatic carbocycles. The third kappa shape index (κ3) is 7.04. The fraction of sp³-hybridized carbons (Fsp3) is 0.537. The molecule has 13 heteroatoms. The number of aromatic hydroxyl groups is 3. The number of benzene rings is 2. The van der Waals surface area contributed by atoms with Crippen molar-refractivity contribution in [3.8, 4) is 23.0 Å². The summed E-state index contributed by atoms with van der Waals surface area (Å²) in [6, 6.07) is 0. The number of esters is 1. The number of aliphatic imine (C=N–C) groups is 1. The maximum absolute atomic E-state index is 14.3. The molecule has 7 rings (SSSR count). The Morgan fingerprint density at radius 1 is 1.00 bits per heavy atom. The van der Waals surface area contributed by atoms with E-state index >= 15 is 0 Å². The number of allylic oxidation sites excluding steroid dienone is 2. The molecule has 9 unspecified atom stereocenters. The summed E-state index contributed by atoms with van der Waals surface area (Å²) in [5, 5.41) is 57.8. The highest BCUT2D eigenvalue weighted by Crippen LogP contribution is 2.56. The Balaban J connectivity index is 1.72. The number of aliphatic hydroxyl groups is 2. The van der Waals surface area contributed by atoms with Gasteiger partial charge in [-0.1, -0.05) is 52.8 Å². The van der Waals surface area contributed by atoms with Crippen LogP contribution in [0, 0.1) is 30.6 Å². The van der Waals surface area contributed by atoms with Crippen molar-refractivity contribution in [3.05, 3.63) is 52.8 Å². The van der Waals surface area contributed by atoms with Crippen LogP contribution >= 0.6 is 0 Å². The van der Waals surface area contributed by atoms with Gasteiger partial charge in [-0.05, 0) is 31.9 Å². The molecule has 5 aliphatic rings. The van der Waals surface area contributed by atoms with Crippen LogP contribution in [0.4, 0.5) is 5.69 Å². The molecule has 2 aromatic rings. The number of rotatable bonds is 4. The Morgan fingerprint density at radius 2 is 1.69 bits per heavy atom.